The average molecular weight is 372 g/mol. The lowest BCUT2D eigenvalue weighted by Crippen LogP contribution is -1.99. The normalized spacial score (nSPS) is 11.4. The molecule has 0 saturated carbocycles. The van der Waals surface area contributed by atoms with Gasteiger partial charge in [0, 0.05) is 36.8 Å². The van der Waals surface area contributed by atoms with Crippen LogP contribution in [0.15, 0.2) is 42.9 Å². The molecule has 142 valence electrons. The fourth-order valence-electron chi connectivity index (χ4n) is 3.40. The van der Waals surface area contributed by atoms with Gasteiger partial charge in [0.15, 0.2) is 0 Å². The fourth-order valence-corrected chi connectivity index (χ4v) is 3.40. The first kappa shape index (κ1) is 18.1. The van der Waals surface area contributed by atoms with Gasteiger partial charge < -0.3 is 5.32 Å². The smallest absolute Gasteiger partial charge is 0.132 e. The van der Waals surface area contributed by atoms with E-state index in [9.17, 15) is 0 Å². The van der Waals surface area contributed by atoms with Gasteiger partial charge in [-0.25, -0.2) is 9.97 Å². The molecule has 6 heteroatoms. The Morgan fingerprint density at radius 1 is 1.00 bits per heavy atom. The van der Waals surface area contributed by atoms with Crippen molar-refractivity contribution in [3.63, 3.8) is 0 Å². The number of aryl methyl sites for hydroxylation is 3. The minimum absolute atomic E-state index is 0.449. The van der Waals surface area contributed by atoms with E-state index in [1.165, 1.54) is 5.56 Å². The predicted molar refractivity (Wildman–Crippen MR) is 113 cm³/mol. The van der Waals surface area contributed by atoms with Crippen molar-refractivity contribution in [2.24, 2.45) is 7.05 Å². The van der Waals surface area contributed by atoms with E-state index in [0.717, 1.165) is 45.1 Å². The highest BCUT2D eigenvalue weighted by molar-refractivity contribution is 5.86. The van der Waals surface area contributed by atoms with E-state index in [4.69, 9.17) is 4.98 Å². The van der Waals surface area contributed by atoms with Crippen molar-refractivity contribution in [3.05, 3.63) is 59.7 Å². The molecular weight excluding hydrogens is 348 g/mol. The molecule has 6 nitrogen and oxygen atoms in total. The van der Waals surface area contributed by atoms with Crippen molar-refractivity contribution in [1.82, 2.24) is 24.7 Å². The molecule has 1 N–H and O–H groups in total. The van der Waals surface area contributed by atoms with E-state index < -0.39 is 0 Å². The summed E-state index contributed by atoms with van der Waals surface area (Å²) in [4.78, 5) is 13.9. The zero-order valence-electron chi connectivity index (χ0n) is 16.9. The van der Waals surface area contributed by atoms with Crippen LogP contribution in [0.3, 0.4) is 0 Å². The van der Waals surface area contributed by atoms with Gasteiger partial charge in [-0.3, -0.25) is 9.67 Å². The molecule has 4 rings (SSSR count). The molecular formula is C22H24N6. The molecule has 4 heterocycles. The first-order valence-corrected chi connectivity index (χ1v) is 9.42. The van der Waals surface area contributed by atoms with Gasteiger partial charge in [0.2, 0.25) is 0 Å². The van der Waals surface area contributed by atoms with Gasteiger partial charge in [-0.2, -0.15) is 5.10 Å². The molecule has 4 aromatic heterocycles. The van der Waals surface area contributed by atoms with Crippen LogP contribution in [0.4, 0.5) is 11.6 Å². The van der Waals surface area contributed by atoms with E-state index in [0.29, 0.717) is 5.92 Å². The predicted octanol–water partition coefficient (Wildman–Crippen LogP) is 4.91. The summed E-state index contributed by atoms with van der Waals surface area (Å²) in [5, 5.41) is 7.78. The minimum Gasteiger partial charge on any atom is -0.325 e. The highest BCUT2D eigenvalue weighted by Crippen LogP contribution is 2.30. The Balaban J connectivity index is 1.75. The zero-order chi connectivity index (χ0) is 19.8. The van der Waals surface area contributed by atoms with Crippen LogP contribution in [0, 0.1) is 13.8 Å². The summed E-state index contributed by atoms with van der Waals surface area (Å²) in [7, 11) is 1.93. The standard InChI is InChI=1S/C22H24N6/c1-13(2)16-8-9-23-21(10-16)25-20-7-6-19-22(26-20)14(3)17(11-24-19)18-12-28(5)27-15(18)4/h6-13H,1-5H3,(H,23,25,26). The molecule has 4 aromatic rings. The molecule has 0 aliphatic carbocycles. The number of pyridine rings is 3. The second-order valence-electron chi connectivity index (χ2n) is 7.42. The molecule has 28 heavy (non-hydrogen) atoms. The Bertz CT molecular complexity index is 1160. The third kappa shape index (κ3) is 3.33. The second kappa shape index (κ2) is 7.03. The van der Waals surface area contributed by atoms with Gasteiger partial charge in [0.25, 0.3) is 0 Å². The molecule has 0 amide bonds. The monoisotopic (exact) mass is 372 g/mol. The van der Waals surface area contributed by atoms with Crippen LogP contribution in [0.2, 0.25) is 0 Å². The topological polar surface area (TPSA) is 68.5 Å². The Hall–Kier alpha value is -3.28. The fraction of sp³-hybridized carbons (Fsp3) is 0.273. The molecule has 0 unspecified atom stereocenters. The number of aromatic nitrogens is 5. The molecule has 0 bridgehead atoms. The number of hydrogen-bond donors (Lipinski definition) is 1. The molecule has 0 spiro atoms. The average Bonchev–Trinajstić information content (AvgIpc) is 3.00. The Morgan fingerprint density at radius 3 is 2.54 bits per heavy atom. The quantitative estimate of drug-likeness (QED) is 0.551. The number of rotatable bonds is 4. The second-order valence-corrected chi connectivity index (χ2v) is 7.42. The van der Waals surface area contributed by atoms with Crippen LogP contribution in [-0.2, 0) is 7.05 Å². The van der Waals surface area contributed by atoms with Crippen molar-refractivity contribution in [1.29, 1.82) is 0 Å². The largest absolute Gasteiger partial charge is 0.325 e. The maximum atomic E-state index is 4.83. The van der Waals surface area contributed by atoms with Crippen molar-refractivity contribution >= 4 is 22.7 Å². The van der Waals surface area contributed by atoms with Crippen LogP contribution in [-0.4, -0.2) is 24.7 Å². The van der Waals surface area contributed by atoms with Gasteiger partial charge >= 0.3 is 0 Å². The van der Waals surface area contributed by atoms with E-state index in [-0.39, 0.29) is 0 Å². The third-order valence-electron chi connectivity index (χ3n) is 4.98. The van der Waals surface area contributed by atoms with Crippen LogP contribution in [0.1, 0.15) is 36.6 Å². The van der Waals surface area contributed by atoms with Gasteiger partial charge in [0.1, 0.15) is 11.6 Å². The highest BCUT2D eigenvalue weighted by Gasteiger charge is 2.13. The lowest BCUT2D eigenvalue weighted by Gasteiger charge is -2.11. The molecule has 0 aliphatic rings. The number of hydrogen-bond acceptors (Lipinski definition) is 5. The number of fused-ring (bicyclic) bond motifs is 1. The summed E-state index contributed by atoms with van der Waals surface area (Å²) in [6, 6.07) is 8.04. The van der Waals surface area contributed by atoms with Crippen LogP contribution in [0.5, 0.6) is 0 Å². The van der Waals surface area contributed by atoms with Crippen LogP contribution in [0.25, 0.3) is 22.2 Å². The molecule has 0 aliphatic heterocycles. The SMILES string of the molecule is Cc1nn(C)cc1-c1cnc2ccc(Nc3cc(C(C)C)ccn3)nc2c1C. The molecule has 0 saturated heterocycles. The van der Waals surface area contributed by atoms with E-state index in [1.54, 1.807) is 0 Å². The highest BCUT2D eigenvalue weighted by atomic mass is 15.2. The summed E-state index contributed by atoms with van der Waals surface area (Å²) < 4.78 is 1.83. The summed E-state index contributed by atoms with van der Waals surface area (Å²) in [6.07, 6.45) is 5.76. The molecule has 0 atom stereocenters. The van der Waals surface area contributed by atoms with Crippen molar-refractivity contribution in [2.45, 2.75) is 33.6 Å². The summed E-state index contributed by atoms with van der Waals surface area (Å²) in [6.45, 7) is 8.44. The molecule has 0 radical (unpaired) electrons. The molecule has 0 fully saturated rings. The van der Waals surface area contributed by atoms with Crippen LogP contribution >= 0.6 is 0 Å². The number of nitrogens with zero attached hydrogens (tertiary/aromatic N) is 5. The van der Waals surface area contributed by atoms with Crippen molar-refractivity contribution in [3.8, 4) is 11.1 Å². The van der Waals surface area contributed by atoms with E-state index in [2.05, 4.69) is 47.2 Å². The lowest BCUT2D eigenvalue weighted by atomic mass is 10.0. The summed E-state index contributed by atoms with van der Waals surface area (Å²) in [5.74, 6) is 2.00. The Morgan fingerprint density at radius 2 is 1.82 bits per heavy atom. The first-order chi connectivity index (χ1) is 13.4. The first-order valence-electron chi connectivity index (χ1n) is 9.42. The summed E-state index contributed by atoms with van der Waals surface area (Å²) in [5.41, 5.74) is 7.21. The van der Waals surface area contributed by atoms with Crippen molar-refractivity contribution in [2.75, 3.05) is 5.32 Å². The minimum atomic E-state index is 0.449. The molecule has 0 aromatic carbocycles. The van der Waals surface area contributed by atoms with Gasteiger partial charge in [-0.15, -0.1) is 0 Å². The maximum Gasteiger partial charge on any atom is 0.132 e. The number of anilines is 2. The maximum absolute atomic E-state index is 4.83. The van der Waals surface area contributed by atoms with E-state index in [1.807, 2.05) is 55.4 Å². The number of nitrogens with one attached hydrogen (secondary N) is 1. The van der Waals surface area contributed by atoms with E-state index >= 15 is 0 Å². The lowest BCUT2D eigenvalue weighted by molar-refractivity contribution is 0.756. The van der Waals surface area contributed by atoms with Gasteiger partial charge in [0.05, 0.1) is 16.7 Å². The van der Waals surface area contributed by atoms with Crippen molar-refractivity contribution < 1.29 is 0 Å². The van der Waals surface area contributed by atoms with Crippen LogP contribution < -0.4 is 5.32 Å². The third-order valence-corrected chi connectivity index (χ3v) is 4.98. The Labute approximate surface area is 164 Å². The van der Waals surface area contributed by atoms with Gasteiger partial charge in [-0.05, 0) is 55.2 Å². The Kier molecular flexibility index (Phi) is 4.55. The van der Waals surface area contributed by atoms with Gasteiger partial charge in [-0.1, -0.05) is 13.8 Å². The zero-order valence-corrected chi connectivity index (χ0v) is 16.9. The summed E-state index contributed by atoms with van der Waals surface area (Å²) >= 11 is 0.